The van der Waals surface area contributed by atoms with Crippen LogP contribution in [-0.2, 0) is 9.59 Å². The average Bonchev–Trinajstić information content (AvgIpc) is 2.73. The predicted octanol–water partition coefficient (Wildman–Crippen LogP) is 3.32. The fourth-order valence-corrected chi connectivity index (χ4v) is 4.96. The van der Waals surface area contributed by atoms with E-state index < -0.39 is 11.3 Å². The molecular formula is C21H22N4O3S. The van der Waals surface area contributed by atoms with E-state index in [1.54, 1.807) is 31.4 Å². The zero-order valence-electron chi connectivity index (χ0n) is 16.2. The molecule has 2 N–H and O–H groups in total. The lowest BCUT2D eigenvalue weighted by atomic mass is 9.61. The minimum Gasteiger partial charge on any atom is -0.497 e. The van der Waals surface area contributed by atoms with Crippen LogP contribution in [0.3, 0.4) is 0 Å². The maximum absolute atomic E-state index is 12.6. The molecule has 0 radical (unpaired) electrons. The quantitative estimate of drug-likeness (QED) is 0.769. The summed E-state index contributed by atoms with van der Waals surface area (Å²) in [6.07, 6.45) is 4.08. The lowest BCUT2D eigenvalue weighted by Gasteiger charge is -2.43. The van der Waals surface area contributed by atoms with Crippen LogP contribution in [0.5, 0.6) is 5.75 Å². The second-order valence-corrected chi connectivity index (χ2v) is 8.14. The highest BCUT2D eigenvalue weighted by Gasteiger charge is 2.51. The number of hydrogen-bond donors (Lipinski definition) is 2. The van der Waals surface area contributed by atoms with Gasteiger partial charge >= 0.3 is 0 Å². The molecule has 1 heterocycles. The summed E-state index contributed by atoms with van der Waals surface area (Å²) >= 11 is 1.13. The number of amides is 2. The first-order valence-corrected chi connectivity index (χ1v) is 10.4. The van der Waals surface area contributed by atoms with Crippen molar-refractivity contribution in [2.75, 3.05) is 18.2 Å². The number of rotatable bonds is 5. The van der Waals surface area contributed by atoms with E-state index in [4.69, 9.17) is 4.74 Å². The van der Waals surface area contributed by atoms with Crippen molar-refractivity contribution >= 4 is 29.3 Å². The van der Waals surface area contributed by atoms with Gasteiger partial charge in [0.1, 0.15) is 11.7 Å². The van der Waals surface area contributed by atoms with Crippen molar-refractivity contribution in [3.63, 3.8) is 0 Å². The highest BCUT2D eigenvalue weighted by atomic mass is 32.2. The number of carbonyl (C=O) groups is 2. The van der Waals surface area contributed by atoms with Crippen LogP contribution in [-0.4, -0.2) is 24.7 Å². The van der Waals surface area contributed by atoms with Crippen molar-refractivity contribution in [3.05, 3.63) is 34.9 Å². The number of carbonyl (C=O) groups excluding carboxylic acids is 2. The van der Waals surface area contributed by atoms with Crippen molar-refractivity contribution in [2.24, 2.45) is 11.3 Å². The number of nitrogens with one attached hydrogen (secondary N) is 2. The second kappa shape index (κ2) is 9.02. The molecule has 7 nitrogen and oxygen atoms in total. The zero-order valence-corrected chi connectivity index (χ0v) is 17.0. The first kappa shape index (κ1) is 20.8. The van der Waals surface area contributed by atoms with Crippen LogP contribution in [0.1, 0.15) is 32.1 Å². The molecule has 1 aliphatic carbocycles. The molecule has 0 unspecified atom stereocenters. The van der Waals surface area contributed by atoms with Crippen molar-refractivity contribution in [2.45, 2.75) is 32.1 Å². The summed E-state index contributed by atoms with van der Waals surface area (Å²) in [6.45, 7) is 0. The lowest BCUT2D eigenvalue weighted by Crippen LogP contribution is -2.48. The highest BCUT2D eigenvalue weighted by molar-refractivity contribution is 8.03. The van der Waals surface area contributed by atoms with E-state index in [1.165, 1.54) is 0 Å². The Morgan fingerprint density at radius 3 is 2.55 bits per heavy atom. The fraction of sp³-hybridized carbons (Fsp3) is 0.429. The number of allylic oxidation sites excluding steroid dienone is 1. The molecular weight excluding hydrogens is 388 g/mol. The van der Waals surface area contributed by atoms with E-state index in [2.05, 4.69) is 22.8 Å². The maximum Gasteiger partial charge on any atom is 0.243 e. The van der Waals surface area contributed by atoms with Crippen LogP contribution in [0.15, 0.2) is 34.9 Å². The van der Waals surface area contributed by atoms with Gasteiger partial charge in [-0.3, -0.25) is 9.59 Å². The van der Waals surface area contributed by atoms with Crippen LogP contribution in [0.2, 0.25) is 0 Å². The van der Waals surface area contributed by atoms with E-state index in [-0.39, 0.29) is 17.6 Å². The van der Waals surface area contributed by atoms with Gasteiger partial charge in [0, 0.05) is 11.1 Å². The van der Waals surface area contributed by atoms with E-state index in [0.717, 1.165) is 31.0 Å². The molecule has 1 fully saturated rings. The first-order chi connectivity index (χ1) is 14.0. The van der Waals surface area contributed by atoms with Crippen LogP contribution >= 0.6 is 11.8 Å². The molecule has 3 rings (SSSR count). The number of nitriles is 2. The first-order valence-electron chi connectivity index (χ1n) is 9.46. The number of anilines is 1. The van der Waals surface area contributed by atoms with Crippen molar-refractivity contribution < 1.29 is 14.3 Å². The molecule has 29 heavy (non-hydrogen) atoms. The van der Waals surface area contributed by atoms with Gasteiger partial charge in [-0.2, -0.15) is 10.5 Å². The van der Waals surface area contributed by atoms with Crippen molar-refractivity contribution in [3.8, 4) is 17.9 Å². The largest absolute Gasteiger partial charge is 0.497 e. The lowest BCUT2D eigenvalue weighted by molar-refractivity contribution is -0.126. The molecule has 1 aliphatic heterocycles. The summed E-state index contributed by atoms with van der Waals surface area (Å²) < 4.78 is 5.09. The second-order valence-electron chi connectivity index (χ2n) is 7.15. The molecule has 1 saturated carbocycles. The zero-order chi connectivity index (χ0) is 20.9. The number of thioether (sulfide) groups is 1. The smallest absolute Gasteiger partial charge is 0.243 e. The third kappa shape index (κ3) is 4.23. The van der Waals surface area contributed by atoms with Crippen LogP contribution in [0, 0.1) is 34.0 Å². The summed E-state index contributed by atoms with van der Waals surface area (Å²) in [4.78, 5) is 24.9. The van der Waals surface area contributed by atoms with Gasteiger partial charge in [-0.15, -0.1) is 0 Å². The Bertz CT molecular complexity index is 905. The molecule has 8 heteroatoms. The number of benzene rings is 1. The molecule has 1 aromatic carbocycles. The summed E-state index contributed by atoms with van der Waals surface area (Å²) in [5, 5.41) is 25.3. The minimum atomic E-state index is -0.866. The van der Waals surface area contributed by atoms with Gasteiger partial charge in [-0.05, 0) is 37.1 Å². The molecule has 150 valence electrons. The Morgan fingerprint density at radius 1 is 1.28 bits per heavy atom. The molecule has 1 atom stereocenters. The number of nitrogens with zero attached hydrogens (tertiary/aromatic N) is 2. The van der Waals surface area contributed by atoms with Gasteiger partial charge in [0.25, 0.3) is 0 Å². The predicted molar refractivity (Wildman–Crippen MR) is 109 cm³/mol. The average molecular weight is 410 g/mol. The van der Waals surface area contributed by atoms with Crippen LogP contribution in [0.4, 0.5) is 5.69 Å². The Labute approximate surface area is 174 Å². The van der Waals surface area contributed by atoms with Gasteiger partial charge in [-0.25, -0.2) is 0 Å². The van der Waals surface area contributed by atoms with Gasteiger partial charge in [0.05, 0.1) is 35.6 Å². The highest BCUT2D eigenvalue weighted by Crippen LogP contribution is 2.51. The van der Waals surface area contributed by atoms with Gasteiger partial charge < -0.3 is 15.4 Å². The third-order valence-electron chi connectivity index (χ3n) is 5.48. The number of methoxy groups -OCH3 is 1. The number of hydrogen-bond acceptors (Lipinski definition) is 6. The third-order valence-corrected chi connectivity index (χ3v) is 6.49. The molecule has 0 bridgehead atoms. The topological polar surface area (TPSA) is 115 Å². The molecule has 1 aromatic rings. The van der Waals surface area contributed by atoms with E-state index in [9.17, 15) is 20.1 Å². The SMILES string of the molecule is COc1ccc(NC(=O)CSC2=C(C#N)C3(CCCCC3)[C@@H](C#N)C(=O)N2)cc1. The summed E-state index contributed by atoms with van der Waals surface area (Å²) in [7, 11) is 1.57. The molecule has 0 aromatic heterocycles. The fourth-order valence-electron chi connectivity index (χ4n) is 4.05. The number of ether oxygens (including phenoxy) is 1. The Morgan fingerprint density at radius 2 is 1.97 bits per heavy atom. The van der Waals surface area contributed by atoms with Crippen molar-refractivity contribution in [1.82, 2.24) is 5.32 Å². The van der Waals surface area contributed by atoms with Gasteiger partial charge in [0.15, 0.2) is 0 Å². The maximum atomic E-state index is 12.6. The minimum absolute atomic E-state index is 0.0418. The van der Waals surface area contributed by atoms with Crippen LogP contribution in [0.25, 0.3) is 0 Å². The van der Waals surface area contributed by atoms with Crippen molar-refractivity contribution in [1.29, 1.82) is 10.5 Å². The van der Waals surface area contributed by atoms with Gasteiger partial charge in [0.2, 0.25) is 11.8 Å². The molecule has 1 spiro atoms. The standard InChI is InChI=1S/C21H22N4O3S/c1-28-15-7-5-14(6-8-15)24-18(26)13-29-20-17(12-23)21(9-3-2-4-10-21)16(11-22)19(27)25-20/h5-8,16H,2-4,9-10,13H2,1H3,(H,24,26)(H,25,27)/t16-/m0/s1. The van der Waals surface area contributed by atoms with Gasteiger partial charge in [-0.1, -0.05) is 31.0 Å². The Balaban J connectivity index is 1.75. The van der Waals surface area contributed by atoms with Crippen LogP contribution < -0.4 is 15.4 Å². The Kier molecular flexibility index (Phi) is 6.46. The van der Waals surface area contributed by atoms with E-state index in [0.29, 0.717) is 34.9 Å². The molecule has 2 amide bonds. The normalized spacial score (nSPS) is 20.4. The van der Waals surface area contributed by atoms with E-state index >= 15 is 0 Å². The monoisotopic (exact) mass is 410 g/mol. The molecule has 0 saturated heterocycles. The summed E-state index contributed by atoms with van der Waals surface area (Å²) in [5.74, 6) is -0.767. The Hall–Kier alpha value is -2.97. The molecule has 2 aliphatic rings. The van der Waals surface area contributed by atoms with E-state index in [1.807, 2.05) is 0 Å². The summed E-state index contributed by atoms with van der Waals surface area (Å²) in [6, 6.07) is 11.3. The summed E-state index contributed by atoms with van der Waals surface area (Å²) in [5.41, 5.74) is 0.330.